The van der Waals surface area contributed by atoms with Crippen LogP contribution in [0.3, 0.4) is 0 Å². The van der Waals surface area contributed by atoms with E-state index < -0.39 is 0 Å². The van der Waals surface area contributed by atoms with Crippen LogP contribution in [-0.4, -0.2) is 26.0 Å². The molecular formula is C13H16ClNO2. The summed E-state index contributed by atoms with van der Waals surface area (Å²) in [6.45, 7) is 0.896. The Hall–Kier alpha value is -1.22. The lowest BCUT2D eigenvalue weighted by Gasteiger charge is -2.34. The molecule has 1 aliphatic heterocycles. The third kappa shape index (κ3) is 2.72. The van der Waals surface area contributed by atoms with Gasteiger partial charge in [0.15, 0.2) is 0 Å². The average molecular weight is 254 g/mol. The summed E-state index contributed by atoms with van der Waals surface area (Å²) in [5, 5.41) is 0.634. The number of aldehydes is 1. The van der Waals surface area contributed by atoms with Crippen LogP contribution in [0.1, 0.15) is 19.3 Å². The van der Waals surface area contributed by atoms with Gasteiger partial charge in [0.05, 0.1) is 13.2 Å². The minimum Gasteiger partial charge on any atom is -0.497 e. The van der Waals surface area contributed by atoms with Gasteiger partial charge >= 0.3 is 0 Å². The first-order chi connectivity index (χ1) is 8.24. The molecule has 4 heteroatoms. The molecule has 1 aromatic carbocycles. The Morgan fingerprint density at radius 1 is 1.41 bits per heavy atom. The van der Waals surface area contributed by atoms with Gasteiger partial charge in [0.1, 0.15) is 12.0 Å². The molecule has 1 fully saturated rings. The lowest BCUT2D eigenvalue weighted by atomic mass is 10.0. The van der Waals surface area contributed by atoms with Crippen LogP contribution in [0.2, 0.25) is 5.02 Å². The van der Waals surface area contributed by atoms with Crippen molar-refractivity contribution in [2.24, 2.45) is 0 Å². The Bertz CT molecular complexity index is 408. The lowest BCUT2D eigenvalue weighted by Crippen LogP contribution is -2.40. The first-order valence-electron chi connectivity index (χ1n) is 5.81. The van der Waals surface area contributed by atoms with E-state index in [1.807, 2.05) is 12.1 Å². The van der Waals surface area contributed by atoms with Crippen molar-refractivity contribution in [2.45, 2.75) is 25.3 Å². The van der Waals surface area contributed by atoms with Gasteiger partial charge in [0, 0.05) is 23.3 Å². The normalized spacial score (nSPS) is 20.1. The van der Waals surface area contributed by atoms with Crippen LogP contribution in [0, 0.1) is 0 Å². The smallest absolute Gasteiger partial charge is 0.142 e. The van der Waals surface area contributed by atoms with E-state index >= 15 is 0 Å². The zero-order chi connectivity index (χ0) is 12.3. The molecule has 1 aromatic rings. The predicted molar refractivity (Wildman–Crippen MR) is 69.1 cm³/mol. The third-order valence-corrected chi connectivity index (χ3v) is 3.35. The summed E-state index contributed by atoms with van der Waals surface area (Å²) in [7, 11) is 1.61. The second kappa shape index (κ2) is 5.41. The number of methoxy groups -OCH3 is 1. The maximum Gasteiger partial charge on any atom is 0.142 e. The number of hydrogen-bond acceptors (Lipinski definition) is 3. The van der Waals surface area contributed by atoms with E-state index in [0.717, 1.165) is 43.5 Å². The van der Waals surface area contributed by atoms with Gasteiger partial charge in [-0.3, -0.25) is 0 Å². The van der Waals surface area contributed by atoms with Crippen LogP contribution in [0.5, 0.6) is 5.75 Å². The molecule has 0 bridgehead atoms. The predicted octanol–water partition coefficient (Wildman–Crippen LogP) is 2.91. The van der Waals surface area contributed by atoms with Gasteiger partial charge < -0.3 is 14.4 Å². The van der Waals surface area contributed by atoms with E-state index in [2.05, 4.69) is 4.90 Å². The minimum absolute atomic E-state index is 0.0353. The highest BCUT2D eigenvalue weighted by Gasteiger charge is 2.22. The average Bonchev–Trinajstić information content (AvgIpc) is 2.37. The second-order valence-electron chi connectivity index (χ2n) is 4.24. The molecule has 1 saturated heterocycles. The molecule has 0 saturated carbocycles. The number of carbonyl (C=O) groups excluding carboxylic acids is 1. The maximum absolute atomic E-state index is 11.1. The van der Waals surface area contributed by atoms with Crippen LogP contribution in [0.15, 0.2) is 18.2 Å². The summed E-state index contributed by atoms with van der Waals surface area (Å²) >= 11 is 6.04. The minimum atomic E-state index is -0.0353. The standard InChI is InChI=1S/C13H16ClNO2/c1-17-13-7-10(14)6-12(8-13)15-5-3-2-4-11(15)9-16/h6-9,11H,2-5H2,1H3/t11-/m1/s1. The van der Waals surface area contributed by atoms with Crippen LogP contribution >= 0.6 is 11.6 Å². The Morgan fingerprint density at radius 2 is 2.24 bits per heavy atom. The first kappa shape index (κ1) is 12.2. The van der Waals surface area contributed by atoms with Gasteiger partial charge in [-0.1, -0.05) is 11.6 Å². The largest absolute Gasteiger partial charge is 0.497 e. The summed E-state index contributed by atoms with van der Waals surface area (Å²) in [6, 6.07) is 5.54. The van der Waals surface area contributed by atoms with Crippen LogP contribution in [-0.2, 0) is 4.79 Å². The Labute approximate surface area is 106 Å². The Morgan fingerprint density at radius 3 is 2.94 bits per heavy atom. The topological polar surface area (TPSA) is 29.5 Å². The number of benzene rings is 1. The number of ether oxygens (including phenoxy) is 1. The first-order valence-corrected chi connectivity index (χ1v) is 6.19. The maximum atomic E-state index is 11.1. The molecule has 0 aromatic heterocycles. The van der Waals surface area contributed by atoms with Gasteiger partial charge in [-0.2, -0.15) is 0 Å². The van der Waals surface area contributed by atoms with E-state index in [1.165, 1.54) is 0 Å². The van der Waals surface area contributed by atoms with Crippen molar-refractivity contribution in [3.8, 4) is 5.75 Å². The number of rotatable bonds is 3. The molecule has 1 heterocycles. The Kier molecular flexibility index (Phi) is 3.89. The van der Waals surface area contributed by atoms with Crippen molar-refractivity contribution in [1.82, 2.24) is 0 Å². The van der Waals surface area contributed by atoms with Crippen molar-refractivity contribution in [2.75, 3.05) is 18.6 Å². The highest BCUT2D eigenvalue weighted by molar-refractivity contribution is 6.31. The van der Waals surface area contributed by atoms with Gasteiger partial charge in [0.25, 0.3) is 0 Å². The quantitative estimate of drug-likeness (QED) is 0.776. The molecule has 0 N–H and O–H groups in total. The van der Waals surface area contributed by atoms with Crippen molar-refractivity contribution >= 4 is 23.6 Å². The molecule has 0 amide bonds. The fourth-order valence-corrected chi connectivity index (χ4v) is 2.47. The summed E-state index contributed by atoms with van der Waals surface area (Å²) in [5.41, 5.74) is 0.964. The van der Waals surface area contributed by atoms with Gasteiger partial charge in [-0.25, -0.2) is 0 Å². The number of halogens is 1. The van der Waals surface area contributed by atoms with E-state index in [9.17, 15) is 4.79 Å². The molecule has 0 unspecified atom stereocenters. The molecule has 0 radical (unpaired) electrons. The monoisotopic (exact) mass is 253 g/mol. The molecule has 1 aliphatic rings. The van der Waals surface area contributed by atoms with E-state index in [0.29, 0.717) is 5.02 Å². The van der Waals surface area contributed by atoms with Crippen molar-refractivity contribution in [1.29, 1.82) is 0 Å². The number of piperidine rings is 1. The molecule has 0 aliphatic carbocycles. The number of anilines is 1. The van der Waals surface area contributed by atoms with Gasteiger partial charge in [0.2, 0.25) is 0 Å². The lowest BCUT2D eigenvalue weighted by molar-refractivity contribution is -0.109. The molecule has 92 valence electrons. The summed E-state index contributed by atoms with van der Waals surface area (Å²) in [5.74, 6) is 0.725. The molecule has 0 spiro atoms. The summed E-state index contributed by atoms with van der Waals surface area (Å²) < 4.78 is 5.20. The highest BCUT2D eigenvalue weighted by atomic mass is 35.5. The summed E-state index contributed by atoms with van der Waals surface area (Å²) in [4.78, 5) is 13.2. The van der Waals surface area contributed by atoms with E-state index in [1.54, 1.807) is 13.2 Å². The molecular weight excluding hydrogens is 238 g/mol. The van der Waals surface area contributed by atoms with Crippen molar-refractivity contribution < 1.29 is 9.53 Å². The Balaban J connectivity index is 2.30. The zero-order valence-electron chi connectivity index (χ0n) is 9.86. The molecule has 1 atom stereocenters. The van der Waals surface area contributed by atoms with Crippen molar-refractivity contribution in [3.63, 3.8) is 0 Å². The third-order valence-electron chi connectivity index (χ3n) is 3.13. The van der Waals surface area contributed by atoms with Gasteiger partial charge in [-0.05, 0) is 31.4 Å². The zero-order valence-corrected chi connectivity index (χ0v) is 10.6. The van der Waals surface area contributed by atoms with E-state index in [4.69, 9.17) is 16.3 Å². The SMILES string of the molecule is COc1cc(Cl)cc(N2CCCC[C@@H]2C=O)c1. The number of hydrogen-bond donors (Lipinski definition) is 0. The number of nitrogens with zero attached hydrogens (tertiary/aromatic N) is 1. The van der Waals surface area contributed by atoms with Crippen molar-refractivity contribution in [3.05, 3.63) is 23.2 Å². The molecule has 3 nitrogen and oxygen atoms in total. The van der Waals surface area contributed by atoms with Crippen LogP contribution < -0.4 is 9.64 Å². The fourth-order valence-electron chi connectivity index (χ4n) is 2.25. The second-order valence-corrected chi connectivity index (χ2v) is 4.68. The van der Waals surface area contributed by atoms with Crippen LogP contribution in [0.25, 0.3) is 0 Å². The van der Waals surface area contributed by atoms with Crippen LogP contribution in [0.4, 0.5) is 5.69 Å². The summed E-state index contributed by atoms with van der Waals surface area (Å²) in [6.07, 6.45) is 4.15. The molecule has 2 rings (SSSR count). The number of carbonyl (C=O) groups is 1. The van der Waals surface area contributed by atoms with E-state index in [-0.39, 0.29) is 6.04 Å². The highest BCUT2D eigenvalue weighted by Crippen LogP contribution is 2.30. The molecule has 17 heavy (non-hydrogen) atoms. The van der Waals surface area contributed by atoms with Gasteiger partial charge in [-0.15, -0.1) is 0 Å². The fraction of sp³-hybridized carbons (Fsp3) is 0.462.